The molecular weight excluding hydrogens is 458 g/mol. The molecule has 2 aliphatic heterocycles. The molecule has 1 aromatic heterocycles. The predicted molar refractivity (Wildman–Crippen MR) is 140 cm³/mol. The molecule has 1 aromatic carbocycles. The highest BCUT2D eigenvalue weighted by molar-refractivity contribution is 7.10. The molecule has 1 atom stereocenters. The Morgan fingerprint density at radius 2 is 1.91 bits per heavy atom. The Morgan fingerprint density at radius 3 is 2.63 bits per heavy atom. The van der Waals surface area contributed by atoms with Crippen molar-refractivity contribution in [2.45, 2.75) is 76.2 Å². The van der Waals surface area contributed by atoms with E-state index in [2.05, 4.69) is 56.6 Å². The van der Waals surface area contributed by atoms with Gasteiger partial charge in [-0.3, -0.25) is 0 Å². The molecule has 5 rings (SSSR count). The van der Waals surface area contributed by atoms with Crippen LogP contribution in [0.4, 0.5) is 4.79 Å². The number of rotatable bonds is 4. The Labute approximate surface area is 213 Å². The number of hydrogen-bond donors (Lipinski definition) is 1. The summed E-state index contributed by atoms with van der Waals surface area (Å²) in [5.41, 5.74) is 5.68. The van der Waals surface area contributed by atoms with E-state index in [1.165, 1.54) is 34.5 Å². The summed E-state index contributed by atoms with van der Waals surface area (Å²) in [6.45, 7) is 13.5. The molecule has 0 radical (unpaired) electrons. The first-order valence-electron chi connectivity index (χ1n) is 13.1. The first-order valence-corrected chi connectivity index (χ1v) is 14.0. The summed E-state index contributed by atoms with van der Waals surface area (Å²) in [5, 5.41) is 6.65. The van der Waals surface area contributed by atoms with Crippen molar-refractivity contribution in [3.8, 4) is 11.3 Å². The molecule has 1 unspecified atom stereocenters. The van der Waals surface area contributed by atoms with Gasteiger partial charge >= 0.3 is 6.09 Å². The van der Waals surface area contributed by atoms with Crippen molar-refractivity contribution in [1.82, 2.24) is 15.2 Å². The third-order valence-corrected chi connectivity index (χ3v) is 9.18. The summed E-state index contributed by atoms with van der Waals surface area (Å²) in [6.07, 6.45) is 4.02. The van der Waals surface area contributed by atoms with Crippen LogP contribution in [0, 0.1) is 0 Å². The molecule has 1 N–H and O–H groups in total. The minimum absolute atomic E-state index is 0.0424. The summed E-state index contributed by atoms with van der Waals surface area (Å²) in [7, 11) is 0. The van der Waals surface area contributed by atoms with Crippen LogP contribution in [0.15, 0.2) is 23.6 Å². The van der Waals surface area contributed by atoms with E-state index in [-0.39, 0.29) is 23.0 Å². The van der Waals surface area contributed by atoms with Crippen molar-refractivity contribution >= 4 is 17.4 Å². The number of hydrogen-bond acceptors (Lipinski definition) is 6. The van der Waals surface area contributed by atoms with Crippen molar-refractivity contribution in [2.75, 3.05) is 39.4 Å². The number of nitrogens with zero attached hydrogens (tertiary/aromatic N) is 2. The number of morpholine rings is 1. The highest BCUT2D eigenvalue weighted by Gasteiger charge is 2.37. The number of carbonyl (C=O) groups excluding carboxylic acids is 1. The number of thiazole rings is 1. The number of carbonyl (C=O) groups is 1. The van der Waals surface area contributed by atoms with Gasteiger partial charge in [0.05, 0.1) is 17.3 Å². The van der Waals surface area contributed by atoms with Crippen LogP contribution >= 0.6 is 11.3 Å². The van der Waals surface area contributed by atoms with Crippen LogP contribution < -0.4 is 5.32 Å². The Kier molecular flexibility index (Phi) is 6.94. The lowest BCUT2D eigenvalue weighted by atomic mass is 9.63. The number of nitrogens with one attached hydrogen (secondary N) is 1. The van der Waals surface area contributed by atoms with Gasteiger partial charge in [-0.25, -0.2) is 9.78 Å². The van der Waals surface area contributed by atoms with E-state index in [0.29, 0.717) is 32.2 Å². The van der Waals surface area contributed by atoms with Gasteiger partial charge in [0.1, 0.15) is 12.7 Å². The number of ether oxygens (including phenoxy) is 2. The van der Waals surface area contributed by atoms with Gasteiger partial charge in [0.25, 0.3) is 0 Å². The van der Waals surface area contributed by atoms with E-state index >= 15 is 0 Å². The standard InChI is InChI=1S/C28H39N3O3S/c1-27(2)9-10-28(3,4)23-15-20(5-6-22(23)27)24-18-35-25(30-24)19-7-12-31(13-8-19)26(32)34-17-21-16-29-11-14-33-21/h5-6,15,18-19,21,29H,7-14,16-17H2,1-4H3. The maximum Gasteiger partial charge on any atom is 0.409 e. The third-order valence-electron chi connectivity index (χ3n) is 8.17. The lowest BCUT2D eigenvalue weighted by Gasteiger charge is -2.42. The highest BCUT2D eigenvalue weighted by Crippen LogP contribution is 2.47. The van der Waals surface area contributed by atoms with Crippen LogP contribution in [0.2, 0.25) is 0 Å². The SMILES string of the molecule is CC1(C)CCC(C)(C)c2cc(-c3csc(C4CCN(C(=O)OCC5CNCCO5)CC4)n3)ccc21. The summed E-state index contributed by atoms with van der Waals surface area (Å²) >= 11 is 1.76. The number of aromatic nitrogens is 1. The summed E-state index contributed by atoms with van der Waals surface area (Å²) < 4.78 is 11.1. The molecule has 0 saturated carbocycles. The minimum Gasteiger partial charge on any atom is -0.447 e. The third kappa shape index (κ3) is 5.27. The first kappa shape index (κ1) is 24.7. The molecule has 0 bridgehead atoms. The van der Waals surface area contributed by atoms with Gasteiger partial charge in [0.15, 0.2) is 0 Å². The van der Waals surface area contributed by atoms with E-state index in [1.807, 2.05) is 4.90 Å². The maximum absolute atomic E-state index is 12.5. The molecule has 2 saturated heterocycles. The molecule has 3 aliphatic rings. The second-order valence-electron chi connectivity index (χ2n) is 11.6. The van der Waals surface area contributed by atoms with Gasteiger partial charge in [-0.05, 0) is 53.7 Å². The van der Waals surface area contributed by atoms with E-state index in [9.17, 15) is 4.79 Å². The molecule has 2 fully saturated rings. The van der Waals surface area contributed by atoms with Crippen LogP contribution in [0.25, 0.3) is 11.3 Å². The van der Waals surface area contributed by atoms with Crippen molar-refractivity contribution < 1.29 is 14.3 Å². The Balaban J connectivity index is 1.20. The van der Waals surface area contributed by atoms with Crippen LogP contribution in [0.5, 0.6) is 0 Å². The summed E-state index contributed by atoms with van der Waals surface area (Å²) in [5.74, 6) is 0.400. The van der Waals surface area contributed by atoms with Crippen molar-refractivity contribution in [1.29, 1.82) is 0 Å². The number of likely N-dealkylation sites (tertiary alicyclic amines) is 1. The molecular formula is C28H39N3O3S. The second-order valence-corrected chi connectivity index (χ2v) is 12.5. The molecule has 1 amide bonds. The monoisotopic (exact) mass is 497 g/mol. The van der Waals surface area contributed by atoms with Gasteiger partial charge in [-0.15, -0.1) is 11.3 Å². The molecule has 35 heavy (non-hydrogen) atoms. The lowest BCUT2D eigenvalue weighted by molar-refractivity contribution is -0.0195. The topological polar surface area (TPSA) is 63.7 Å². The quantitative estimate of drug-likeness (QED) is 0.607. The van der Waals surface area contributed by atoms with Gasteiger partial charge < -0.3 is 19.7 Å². The summed E-state index contributed by atoms with van der Waals surface area (Å²) in [6, 6.07) is 6.98. The Morgan fingerprint density at radius 1 is 1.17 bits per heavy atom. The molecule has 7 heteroatoms. The van der Waals surface area contributed by atoms with Crippen molar-refractivity contribution in [2.24, 2.45) is 0 Å². The largest absolute Gasteiger partial charge is 0.447 e. The minimum atomic E-state index is -0.225. The van der Waals surface area contributed by atoms with E-state index < -0.39 is 0 Å². The average Bonchev–Trinajstić information content (AvgIpc) is 3.36. The average molecular weight is 498 g/mol. The van der Waals surface area contributed by atoms with E-state index in [0.717, 1.165) is 31.6 Å². The Hall–Kier alpha value is -1.96. The van der Waals surface area contributed by atoms with Crippen molar-refractivity contribution in [3.05, 3.63) is 39.7 Å². The summed E-state index contributed by atoms with van der Waals surface area (Å²) in [4.78, 5) is 19.4. The lowest BCUT2D eigenvalue weighted by Crippen LogP contribution is -2.43. The van der Waals surface area contributed by atoms with E-state index in [1.54, 1.807) is 11.3 Å². The van der Waals surface area contributed by atoms with Crippen LogP contribution in [0.1, 0.15) is 75.4 Å². The maximum atomic E-state index is 12.5. The van der Waals surface area contributed by atoms with Crippen LogP contribution in [-0.4, -0.2) is 61.5 Å². The molecule has 2 aromatic rings. The Bertz CT molecular complexity index is 1050. The van der Waals surface area contributed by atoms with Crippen molar-refractivity contribution in [3.63, 3.8) is 0 Å². The molecule has 0 spiro atoms. The fraction of sp³-hybridized carbons (Fsp3) is 0.643. The zero-order valence-corrected chi connectivity index (χ0v) is 22.4. The normalized spacial score (nSPS) is 24.1. The number of amides is 1. The number of piperidine rings is 1. The fourth-order valence-electron chi connectivity index (χ4n) is 5.65. The smallest absolute Gasteiger partial charge is 0.409 e. The van der Waals surface area contributed by atoms with Gasteiger partial charge in [0, 0.05) is 43.0 Å². The number of fused-ring (bicyclic) bond motifs is 1. The molecule has 6 nitrogen and oxygen atoms in total. The molecule has 1 aliphatic carbocycles. The van der Waals surface area contributed by atoms with E-state index in [4.69, 9.17) is 14.5 Å². The zero-order valence-electron chi connectivity index (χ0n) is 21.6. The molecule has 3 heterocycles. The van der Waals surface area contributed by atoms with Crippen LogP contribution in [-0.2, 0) is 20.3 Å². The zero-order chi connectivity index (χ0) is 24.6. The highest BCUT2D eigenvalue weighted by atomic mass is 32.1. The number of benzene rings is 1. The van der Waals surface area contributed by atoms with Gasteiger partial charge in [-0.1, -0.05) is 39.8 Å². The van der Waals surface area contributed by atoms with Crippen LogP contribution in [0.3, 0.4) is 0 Å². The van der Waals surface area contributed by atoms with Gasteiger partial charge in [0.2, 0.25) is 0 Å². The first-order chi connectivity index (χ1) is 16.7. The second kappa shape index (κ2) is 9.83. The predicted octanol–water partition coefficient (Wildman–Crippen LogP) is 5.46. The fourth-order valence-corrected chi connectivity index (χ4v) is 6.65. The molecule has 190 valence electrons. The van der Waals surface area contributed by atoms with Gasteiger partial charge in [-0.2, -0.15) is 0 Å².